The summed E-state index contributed by atoms with van der Waals surface area (Å²) < 4.78 is 11.7. The first-order valence-electron chi connectivity index (χ1n) is 18.4. The number of benzene rings is 7. The zero-order valence-electron chi connectivity index (χ0n) is 29.3. The van der Waals surface area contributed by atoms with E-state index in [2.05, 4.69) is 197 Å². The summed E-state index contributed by atoms with van der Waals surface area (Å²) >= 11 is 0. The minimum atomic E-state index is -3.14. The summed E-state index contributed by atoms with van der Waals surface area (Å²) in [6.07, 6.45) is 1.97. The van der Waals surface area contributed by atoms with Crippen LogP contribution < -0.4 is 20.9 Å². The minimum absolute atomic E-state index is 0.849. The van der Waals surface area contributed by atoms with Crippen molar-refractivity contribution in [1.29, 1.82) is 0 Å². The van der Waals surface area contributed by atoms with Crippen molar-refractivity contribution in [3.05, 3.63) is 200 Å². The van der Waals surface area contributed by atoms with E-state index in [1.54, 1.807) is 0 Å². The van der Waals surface area contributed by atoms with Crippen molar-refractivity contribution in [3.63, 3.8) is 0 Å². The Bertz CT molecular complexity index is 3120. The van der Waals surface area contributed by atoms with Crippen molar-refractivity contribution in [1.82, 2.24) is 14.1 Å². The predicted molar refractivity (Wildman–Crippen MR) is 226 cm³/mol. The fourth-order valence-corrected chi connectivity index (χ4v) is 13.6. The van der Waals surface area contributed by atoms with E-state index >= 15 is 0 Å². The van der Waals surface area contributed by atoms with Gasteiger partial charge in [0.1, 0.15) is 11.2 Å². The number of fused-ring (bicyclic) bond motifs is 8. The number of para-hydroxylation sites is 4. The largest absolute Gasteiger partial charge is 0.455 e. The zero-order valence-corrected chi connectivity index (χ0v) is 30.3. The molecule has 0 N–H and O–H groups in total. The van der Waals surface area contributed by atoms with Crippen LogP contribution in [0.5, 0.6) is 0 Å². The third kappa shape index (κ3) is 4.33. The summed E-state index contributed by atoms with van der Waals surface area (Å²) in [6.45, 7) is 0. The first-order valence-corrected chi connectivity index (χ1v) is 20.4. The normalized spacial score (nSPS) is 12.1. The number of furan rings is 1. The monoisotopic (exact) mass is 707 g/mol. The van der Waals surface area contributed by atoms with Crippen molar-refractivity contribution in [3.8, 4) is 11.4 Å². The highest BCUT2D eigenvalue weighted by Gasteiger charge is 2.45. The van der Waals surface area contributed by atoms with Gasteiger partial charge in [-0.3, -0.25) is 14.1 Å². The highest BCUT2D eigenvalue weighted by atomic mass is 28.3. The molecule has 254 valence electrons. The fourth-order valence-electron chi connectivity index (χ4n) is 8.88. The van der Waals surface area contributed by atoms with E-state index < -0.39 is 8.07 Å². The zero-order chi connectivity index (χ0) is 35.6. The molecule has 0 bridgehead atoms. The lowest BCUT2D eigenvalue weighted by molar-refractivity contribution is 0.670. The molecule has 4 heterocycles. The van der Waals surface area contributed by atoms with Crippen LogP contribution in [0.25, 0.3) is 66.2 Å². The van der Waals surface area contributed by atoms with Crippen molar-refractivity contribution < 1.29 is 4.42 Å². The fraction of sp³-hybridized carbons (Fsp3) is 0. The van der Waals surface area contributed by atoms with Crippen LogP contribution in [0.4, 0.5) is 0 Å². The van der Waals surface area contributed by atoms with E-state index in [-0.39, 0.29) is 0 Å². The molecule has 0 saturated heterocycles. The summed E-state index contributed by atoms with van der Waals surface area (Å²) in [5, 5.41) is 10.6. The molecular formula is C49H33N3OSi. The lowest BCUT2D eigenvalue weighted by Gasteiger charge is -2.33. The van der Waals surface area contributed by atoms with Crippen molar-refractivity contribution in [2.75, 3.05) is 0 Å². The molecular weight excluding hydrogens is 675 g/mol. The second-order valence-electron chi connectivity index (χ2n) is 13.9. The molecule has 0 saturated carbocycles. The Kier molecular flexibility index (Phi) is 6.84. The quantitative estimate of drug-likeness (QED) is 0.128. The molecule has 0 unspecified atom stereocenters. The number of pyridine rings is 1. The number of aromatic nitrogens is 3. The smallest absolute Gasteiger partial charge is 0.206 e. The lowest BCUT2D eigenvalue weighted by Crippen LogP contribution is -2.75. The van der Waals surface area contributed by atoms with E-state index in [9.17, 15) is 0 Å². The summed E-state index contributed by atoms with van der Waals surface area (Å²) in [7, 11) is -3.14. The van der Waals surface area contributed by atoms with Crippen LogP contribution in [0.3, 0.4) is 0 Å². The van der Waals surface area contributed by atoms with E-state index in [4.69, 9.17) is 9.40 Å². The molecule has 4 nitrogen and oxygen atoms in total. The molecule has 0 spiro atoms. The highest BCUT2D eigenvalue weighted by Crippen LogP contribution is 2.40. The van der Waals surface area contributed by atoms with Crippen LogP contribution in [-0.2, 0) is 0 Å². The van der Waals surface area contributed by atoms with Gasteiger partial charge in [0.2, 0.25) is 8.07 Å². The van der Waals surface area contributed by atoms with Gasteiger partial charge < -0.3 is 4.42 Å². The molecule has 0 radical (unpaired) electrons. The standard InChI is InChI=1S/C49H33N3OSi/c1-4-17-34(18-5-1)51-43-28-13-10-26-41(43)46-42-27-11-14-29-44(42)52(49(46)51)35-19-16-24-38(33-35)54(36-20-6-2-7-21-36,37-22-8-3-9-23-37)48-47-40(31-32-50-48)39-25-12-15-30-45(39)53-47/h1-33H. The van der Waals surface area contributed by atoms with Gasteiger partial charge in [0, 0.05) is 44.5 Å². The van der Waals surface area contributed by atoms with Crippen LogP contribution in [0.1, 0.15) is 0 Å². The molecule has 11 rings (SSSR count). The van der Waals surface area contributed by atoms with E-state index in [0.29, 0.717) is 0 Å². The van der Waals surface area contributed by atoms with Gasteiger partial charge in [-0.15, -0.1) is 0 Å². The number of hydrogen-bond acceptors (Lipinski definition) is 2. The van der Waals surface area contributed by atoms with Gasteiger partial charge in [0.15, 0.2) is 5.58 Å². The SMILES string of the molecule is c1ccc(-n2c3ccccc3c3c4ccccc4n(-c4cccc([Si](c5ccccc5)(c5ccccc5)c5nccc6c5oc5ccccc56)c4)c32)cc1. The van der Waals surface area contributed by atoms with Crippen LogP contribution >= 0.6 is 0 Å². The highest BCUT2D eigenvalue weighted by molar-refractivity contribution is 7.20. The molecule has 0 aliphatic carbocycles. The molecule has 11 aromatic rings. The molecule has 4 aromatic heterocycles. The van der Waals surface area contributed by atoms with Crippen molar-refractivity contribution >= 4 is 83.7 Å². The van der Waals surface area contributed by atoms with E-state index in [0.717, 1.165) is 44.3 Å². The predicted octanol–water partition coefficient (Wildman–Crippen LogP) is 9.40. The lowest BCUT2D eigenvalue weighted by atomic mass is 10.1. The van der Waals surface area contributed by atoms with Crippen molar-refractivity contribution in [2.45, 2.75) is 0 Å². The number of nitrogens with zero attached hydrogens (tertiary/aromatic N) is 3. The van der Waals surface area contributed by atoms with Crippen LogP contribution in [-0.4, -0.2) is 22.2 Å². The molecule has 0 fully saturated rings. The summed E-state index contributed by atoms with van der Waals surface area (Å²) in [5.41, 5.74) is 7.43. The number of rotatable bonds is 6. The third-order valence-corrected chi connectivity index (χ3v) is 15.7. The Hall–Kier alpha value is -6.95. The Morgan fingerprint density at radius 1 is 0.426 bits per heavy atom. The van der Waals surface area contributed by atoms with Gasteiger partial charge in [-0.1, -0.05) is 146 Å². The second-order valence-corrected chi connectivity index (χ2v) is 17.6. The molecule has 0 amide bonds. The van der Waals surface area contributed by atoms with E-state index in [1.165, 1.54) is 42.8 Å². The second kappa shape index (κ2) is 12.1. The Labute approximate surface area is 312 Å². The molecule has 7 aromatic carbocycles. The van der Waals surface area contributed by atoms with Crippen LogP contribution in [0.2, 0.25) is 0 Å². The van der Waals surface area contributed by atoms with Crippen molar-refractivity contribution in [2.24, 2.45) is 0 Å². The van der Waals surface area contributed by atoms with Crippen LogP contribution in [0.15, 0.2) is 205 Å². The van der Waals surface area contributed by atoms with Gasteiger partial charge in [0.05, 0.1) is 16.4 Å². The van der Waals surface area contributed by atoms with Crippen LogP contribution in [0, 0.1) is 0 Å². The topological polar surface area (TPSA) is 35.9 Å². The summed E-state index contributed by atoms with van der Waals surface area (Å²) in [6, 6.07) is 69.9. The first-order chi connectivity index (χ1) is 26.8. The maximum absolute atomic E-state index is 6.83. The van der Waals surface area contributed by atoms with Gasteiger partial charge in [-0.2, -0.15) is 0 Å². The van der Waals surface area contributed by atoms with E-state index in [1.807, 2.05) is 12.3 Å². The molecule has 0 aliphatic heterocycles. The molecule has 5 heteroatoms. The third-order valence-electron chi connectivity index (χ3n) is 11.1. The Morgan fingerprint density at radius 3 is 1.61 bits per heavy atom. The maximum atomic E-state index is 6.83. The summed E-state index contributed by atoms with van der Waals surface area (Å²) in [4.78, 5) is 5.34. The Balaban J connectivity index is 1.29. The molecule has 0 atom stereocenters. The summed E-state index contributed by atoms with van der Waals surface area (Å²) in [5.74, 6) is 0. The van der Waals surface area contributed by atoms with Gasteiger partial charge in [-0.25, -0.2) is 0 Å². The average Bonchev–Trinajstić information content (AvgIpc) is 3.90. The van der Waals surface area contributed by atoms with Gasteiger partial charge in [-0.05, 0) is 64.1 Å². The first kappa shape index (κ1) is 30.7. The molecule has 0 aliphatic rings. The molecule has 54 heavy (non-hydrogen) atoms. The maximum Gasteiger partial charge on any atom is 0.206 e. The average molecular weight is 708 g/mol. The minimum Gasteiger partial charge on any atom is -0.455 e. The Morgan fingerprint density at radius 2 is 0.944 bits per heavy atom. The van der Waals surface area contributed by atoms with Gasteiger partial charge >= 0.3 is 0 Å². The number of hydrogen-bond donors (Lipinski definition) is 0. The van der Waals surface area contributed by atoms with Gasteiger partial charge in [0.25, 0.3) is 0 Å².